The van der Waals surface area contributed by atoms with E-state index in [1.807, 2.05) is 42.5 Å². The third kappa shape index (κ3) is 4.20. The molecule has 4 nitrogen and oxygen atoms in total. The molecular formula is C23H16ClFN2O2S. The standard InChI is InChI=1S/C23H16ClFN2O2S/c1-13-10-20(27-22(28)18-9-7-16(25)12-19(18)24)30-21(13)23(29)26-17-8-6-14-4-2-3-5-15(14)11-17/h2-12H,1H3,(H,26,29)(H,27,28). The Balaban J connectivity index is 1.51. The van der Waals surface area contributed by atoms with Gasteiger partial charge in [0.25, 0.3) is 11.8 Å². The highest BCUT2D eigenvalue weighted by molar-refractivity contribution is 7.18. The lowest BCUT2D eigenvalue weighted by Gasteiger charge is -2.06. The average Bonchev–Trinajstić information content (AvgIpc) is 3.08. The molecule has 0 atom stereocenters. The minimum absolute atomic E-state index is 0.0232. The number of rotatable bonds is 4. The molecule has 0 aliphatic carbocycles. The molecule has 4 aromatic rings. The van der Waals surface area contributed by atoms with Crippen LogP contribution in [-0.2, 0) is 0 Å². The highest BCUT2D eigenvalue weighted by Crippen LogP contribution is 2.29. The third-order valence-electron chi connectivity index (χ3n) is 4.54. The van der Waals surface area contributed by atoms with Gasteiger partial charge in [-0.25, -0.2) is 4.39 Å². The molecule has 0 aliphatic heterocycles. The lowest BCUT2D eigenvalue weighted by atomic mass is 10.1. The van der Waals surface area contributed by atoms with Gasteiger partial charge in [-0.05, 0) is 59.7 Å². The Kier molecular flexibility index (Phi) is 5.53. The fraction of sp³-hybridized carbons (Fsp3) is 0.0435. The maximum Gasteiger partial charge on any atom is 0.266 e. The van der Waals surface area contributed by atoms with E-state index in [2.05, 4.69) is 10.6 Å². The minimum atomic E-state index is -0.517. The van der Waals surface area contributed by atoms with Crippen LogP contribution in [0, 0.1) is 12.7 Å². The lowest BCUT2D eigenvalue weighted by Crippen LogP contribution is -2.12. The van der Waals surface area contributed by atoms with Crippen LogP contribution in [0.3, 0.4) is 0 Å². The van der Waals surface area contributed by atoms with E-state index in [9.17, 15) is 14.0 Å². The summed E-state index contributed by atoms with van der Waals surface area (Å²) in [5.41, 5.74) is 1.58. The van der Waals surface area contributed by atoms with Crippen LogP contribution >= 0.6 is 22.9 Å². The summed E-state index contributed by atoms with van der Waals surface area (Å²) in [6, 6.07) is 18.9. The van der Waals surface area contributed by atoms with Gasteiger partial charge in [0.05, 0.1) is 20.5 Å². The van der Waals surface area contributed by atoms with Gasteiger partial charge in [0, 0.05) is 5.69 Å². The number of carbonyl (C=O) groups excluding carboxylic acids is 2. The number of amides is 2. The Morgan fingerprint density at radius 1 is 0.900 bits per heavy atom. The van der Waals surface area contributed by atoms with Gasteiger partial charge in [-0.2, -0.15) is 0 Å². The summed E-state index contributed by atoms with van der Waals surface area (Å²) in [6.07, 6.45) is 0. The monoisotopic (exact) mass is 438 g/mol. The molecule has 2 amide bonds. The summed E-state index contributed by atoms with van der Waals surface area (Å²) < 4.78 is 13.2. The van der Waals surface area contributed by atoms with Gasteiger partial charge in [-0.3, -0.25) is 9.59 Å². The van der Waals surface area contributed by atoms with Gasteiger partial charge in [0.1, 0.15) is 5.82 Å². The molecule has 30 heavy (non-hydrogen) atoms. The Hall–Kier alpha value is -3.22. The van der Waals surface area contributed by atoms with E-state index < -0.39 is 11.7 Å². The third-order valence-corrected chi connectivity index (χ3v) is 6.01. The quantitative estimate of drug-likeness (QED) is 0.381. The second-order valence-corrected chi connectivity index (χ2v) is 8.18. The number of hydrogen-bond acceptors (Lipinski definition) is 3. The Labute approximate surface area is 181 Å². The van der Waals surface area contributed by atoms with E-state index in [1.165, 1.54) is 12.1 Å². The van der Waals surface area contributed by atoms with E-state index in [-0.39, 0.29) is 16.5 Å². The summed E-state index contributed by atoms with van der Waals surface area (Å²) in [4.78, 5) is 25.7. The van der Waals surface area contributed by atoms with Gasteiger partial charge in [0.15, 0.2) is 0 Å². The average molecular weight is 439 g/mol. The highest BCUT2D eigenvalue weighted by atomic mass is 35.5. The number of thiophene rings is 1. The number of halogens is 2. The zero-order chi connectivity index (χ0) is 21.3. The number of carbonyl (C=O) groups is 2. The number of aryl methyl sites for hydroxylation is 1. The summed E-state index contributed by atoms with van der Waals surface area (Å²) >= 11 is 7.11. The van der Waals surface area contributed by atoms with Gasteiger partial charge < -0.3 is 10.6 Å². The SMILES string of the molecule is Cc1cc(NC(=O)c2ccc(F)cc2Cl)sc1C(=O)Nc1ccc2ccccc2c1. The molecule has 3 aromatic carbocycles. The predicted octanol–water partition coefficient (Wildman–Crippen LogP) is 6.51. The smallest absolute Gasteiger partial charge is 0.266 e. The molecule has 4 rings (SSSR count). The van der Waals surface area contributed by atoms with E-state index in [0.29, 0.717) is 15.6 Å². The molecule has 150 valence electrons. The van der Waals surface area contributed by atoms with Gasteiger partial charge in [0.2, 0.25) is 0 Å². The first-order chi connectivity index (χ1) is 14.4. The Morgan fingerprint density at radius 3 is 2.43 bits per heavy atom. The molecule has 0 aliphatic rings. The van der Waals surface area contributed by atoms with Crippen molar-refractivity contribution in [3.05, 3.63) is 93.6 Å². The second kappa shape index (κ2) is 8.26. The first-order valence-corrected chi connectivity index (χ1v) is 10.3. The highest BCUT2D eigenvalue weighted by Gasteiger charge is 2.17. The number of hydrogen-bond donors (Lipinski definition) is 2. The molecule has 0 saturated carbocycles. The molecule has 1 heterocycles. The molecule has 0 saturated heterocycles. The van der Waals surface area contributed by atoms with Crippen LogP contribution in [0.1, 0.15) is 25.6 Å². The summed E-state index contributed by atoms with van der Waals surface area (Å²) in [6.45, 7) is 1.80. The summed E-state index contributed by atoms with van der Waals surface area (Å²) in [5.74, 6) is -1.24. The molecule has 0 fully saturated rings. The summed E-state index contributed by atoms with van der Waals surface area (Å²) in [5, 5.41) is 8.26. The number of anilines is 2. The van der Waals surface area contributed by atoms with Crippen LogP contribution < -0.4 is 10.6 Å². The number of nitrogens with one attached hydrogen (secondary N) is 2. The summed E-state index contributed by atoms with van der Waals surface area (Å²) in [7, 11) is 0. The van der Waals surface area contributed by atoms with Crippen molar-refractivity contribution in [2.75, 3.05) is 10.6 Å². The molecule has 1 aromatic heterocycles. The van der Waals surface area contributed by atoms with Crippen LogP contribution in [0.4, 0.5) is 15.1 Å². The Morgan fingerprint density at radius 2 is 1.67 bits per heavy atom. The van der Waals surface area contributed by atoms with Crippen molar-refractivity contribution in [3.8, 4) is 0 Å². The van der Waals surface area contributed by atoms with Crippen molar-refractivity contribution in [1.82, 2.24) is 0 Å². The number of fused-ring (bicyclic) bond motifs is 1. The van der Waals surface area contributed by atoms with Crippen LogP contribution in [-0.4, -0.2) is 11.8 Å². The molecular weight excluding hydrogens is 423 g/mol. The van der Waals surface area contributed by atoms with Crippen molar-refractivity contribution in [2.24, 2.45) is 0 Å². The first kappa shape index (κ1) is 20.1. The Bertz CT molecular complexity index is 1290. The molecule has 2 N–H and O–H groups in total. The van der Waals surface area contributed by atoms with E-state index >= 15 is 0 Å². The van der Waals surface area contributed by atoms with Gasteiger partial charge in [-0.15, -0.1) is 11.3 Å². The molecule has 7 heteroatoms. The second-order valence-electron chi connectivity index (χ2n) is 6.72. The van der Waals surface area contributed by atoms with Crippen molar-refractivity contribution in [2.45, 2.75) is 6.92 Å². The van der Waals surface area contributed by atoms with Crippen LogP contribution in [0.25, 0.3) is 10.8 Å². The molecule has 0 unspecified atom stereocenters. The maximum absolute atomic E-state index is 13.2. The van der Waals surface area contributed by atoms with Crippen molar-refractivity contribution >= 4 is 56.2 Å². The van der Waals surface area contributed by atoms with Crippen molar-refractivity contribution in [1.29, 1.82) is 0 Å². The van der Waals surface area contributed by atoms with Crippen LogP contribution in [0.5, 0.6) is 0 Å². The van der Waals surface area contributed by atoms with Crippen molar-refractivity contribution < 1.29 is 14.0 Å². The van der Waals surface area contributed by atoms with E-state index in [0.717, 1.165) is 33.7 Å². The fourth-order valence-electron chi connectivity index (χ4n) is 3.08. The zero-order valence-electron chi connectivity index (χ0n) is 15.8. The topological polar surface area (TPSA) is 58.2 Å². The molecule has 0 bridgehead atoms. The maximum atomic E-state index is 13.2. The normalized spacial score (nSPS) is 10.8. The van der Waals surface area contributed by atoms with Crippen LogP contribution in [0.2, 0.25) is 5.02 Å². The van der Waals surface area contributed by atoms with Gasteiger partial charge >= 0.3 is 0 Å². The van der Waals surface area contributed by atoms with Crippen molar-refractivity contribution in [3.63, 3.8) is 0 Å². The molecule has 0 spiro atoms. The fourth-order valence-corrected chi connectivity index (χ4v) is 4.29. The zero-order valence-corrected chi connectivity index (χ0v) is 17.4. The minimum Gasteiger partial charge on any atom is -0.321 e. The largest absolute Gasteiger partial charge is 0.321 e. The first-order valence-electron chi connectivity index (χ1n) is 9.08. The van der Waals surface area contributed by atoms with E-state index in [4.69, 9.17) is 11.6 Å². The van der Waals surface area contributed by atoms with E-state index in [1.54, 1.807) is 13.0 Å². The predicted molar refractivity (Wildman–Crippen MR) is 120 cm³/mol. The van der Waals surface area contributed by atoms with Crippen LogP contribution in [0.15, 0.2) is 66.7 Å². The molecule has 0 radical (unpaired) electrons. The lowest BCUT2D eigenvalue weighted by molar-refractivity contribution is 0.102. The van der Waals surface area contributed by atoms with Gasteiger partial charge in [-0.1, -0.05) is 41.9 Å². The number of benzene rings is 3.